The maximum absolute atomic E-state index is 13.1. The van der Waals surface area contributed by atoms with E-state index in [0.717, 1.165) is 6.07 Å². The van der Waals surface area contributed by atoms with Gasteiger partial charge in [-0.3, -0.25) is 0 Å². The van der Waals surface area contributed by atoms with Gasteiger partial charge in [0.1, 0.15) is 0 Å². The van der Waals surface area contributed by atoms with Gasteiger partial charge in [0.2, 0.25) is 0 Å². The summed E-state index contributed by atoms with van der Waals surface area (Å²) in [5.74, 6) is -1.68. The van der Waals surface area contributed by atoms with Gasteiger partial charge in [0.05, 0.1) is 6.10 Å². The summed E-state index contributed by atoms with van der Waals surface area (Å²) >= 11 is 0. The number of halogens is 2. The number of nitrogens with two attached hydrogens (primary N) is 1. The summed E-state index contributed by atoms with van der Waals surface area (Å²) in [6, 6.07) is 3.59. The fourth-order valence-corrected chi connectivity index (χ4v) is 2.22. The van der Waals surface area contributed by atoms with E-state index in [2.05, 4.69) is 0 Å². The molecule has 0 radical (unpaired) electrons. The van der Waals surface area contributed by atoms with Gasteiger partial charge in [-0.2, -0.15) is 0 Å². The Bertz CT molecular complexity index is 401. The fourth-order valence-electron chi connectivity index (χ4n) is 2.22. The summed E-state index contributed by atoms with van der Waals surface area (Å²) in [4.78, 5) is 0. The molecule has 1 aromatic carbocycles. The summed E-state index contributed by atoms with van der Waals surface area (Å²) in [6.07, 6.45) is 0.304. The highest BCUT2D eigenvalue weighted by Crippen LogP contribution is 2.25. The lowest BCUT2D eigenvalue weighted by molar-refractivity contribution is -0.00167. The largest absolute Gasteiger partial charge is 0.379 e. The first-order valence-electron chi connectivity index (χ1n) is 5.98. The number of benzene rings is 1. The monoisotopic (exact) mass is 257 g/mol. The van der Waals surface area contributed by atoms with Gasteiger partial charge in [0.25, 0.3) is 0 Å². The minimum Gasteiger partial charge on any atom is -0.379 e. The predicted molar refractivity (Wildman–Crippen MR) is 68.3 cm³/mol. The van der Waals surface area contributed by atoms with Gasteiger partial charge >= 0.3 is 0 Å². The second-order valence-corrected chi connectivity index (χ2v) is 5.64. The van der Waals surface area contributed by atoms with Crippen molar-refractivity contribution in [1.82, 2.24) is 0 Å². The molecule has 4 heteroatoms. The normalized spacial score (nSPS) is 15.5. The lowest BCUT2D eigenvalue weighted by atomic mass is 9.83. The van der Waals surface area contributed by atoms with Crippen molar-refractivity contribution in [1.29, 1.82) is 0 Å². The third-order valence-electron chi connectivity index (χ3n) is 2.95. The Hall–Kier alpha value is -1.00. The third-order valence-corrected chi connectivity index (χ3v) is 2.95. The van der Waals surface area contributed by atoms with E-state index in [1.54, 1.807) is 13.2 Å². The molecule has 0 fully saturated rings. The van der Waals surface area contributed by atoms with Crippen LogP contribution in [0.4, 0.5) is 8.78 Å². The smallest absolute Gasteiger partial charge is 0.159 e. The maximum atomic E-state index is 13.1. The number of ether oxygens (including phenoxy) is 1. The molecule has 2 atom stereocenters. The van der Waals surface area contributed by atoms with Gasteiger partial charge in [-0.1, -0.05) is 26.8 Å². The zero-order valence-corrected chi connectivity index (χ0v) is 11.3. The van der Waals surface area contributed by atoms with Crippen LogP contribution in [0.1, 0.15) is 26.3 Å². The highest BCUT2D eigenvalue weighted by molar-refractivity contribution is 5.19. The Balaban J connectivity index is 2.80. The first kappa shape index (κ1) is 15.1. The molecule has 2 unspecified atom stereocenters. The van der Waals surface area contributed by atoms with Crippen LogP contribution in [-0.4, -0.2) is 19.3 Å². The SMILES string of the molecule is COC(C(N)Cc1ccc(F)c(F)c1)C(C)(C)C. The van der Waals surface area contributed by atoms with Crippen molar-refractivity contribution >= 4 is 0 Å². The Morgan fingerprint density at radius 1 is 1.22 bits per heavy atom. The van der Waals surface area contributed by atoms with Crippen LogP contribution in [0.25, 0.3) is 0 Å². The molecule has 0 spiro atoms. The molecule has 0 bridgehead atoms. The molecule has 0 aliphatic carbocycles. The van der Waals surface area contributed by atoms with Crippen LogP contribution in [0, 0.1) is 17.0 Å². The Kier molecular flexibility index (Phi) is 4.82. The van der Waals surface area contributed by atoms with Gasteiger partial charge < -0.3 is 10.5 Å². The van der Waals surface area contributed by atoms with Crippen LogP contribution >= 0.6 is 0 Å². The van der Waals surface area contributed by atoms with Crippen LogP contribution in [0.2, 0.25) is 0 Å². The van der Waals surface area contributed by atoms with Crippen molar-refractivity contribution in [2.24, 2.45) is 11.1 Å². The molecule has 2 N–H and O–H groups in total. The van der Waals surface area contributed by atoms with E-state index in [-0.39, 0.29) is 17.6 Å². The first-order valence-corrected chi connectivity index (χ1v) is 5.98. The summed E-state index contributed by atoms with van der Waals surface area (Å²) in [5.41, 5.74) is 6.66. The highest BCUT2D eigenvalue weighted by atomic mass is 19.2. The van der Waals surface area contributed by atoms with E-state index >= 15 is 0 Å². The highest BCUT2D eigenvalue weighted by Gasteiger charge is 2.30. The molecule has 102 valence electrons. The lowest BCUT2D eigenvalue weighted by Crippen LogP contribution is -2.46. The van der Waals surface area contributed by atoms with E-state index in [4.69, 9.17) is 10.5 Å². The number of methoxy groups -OCH3 is 1. The topological polar surface area (TPSA) is 35.2 Å². The molecule has 0 aliphatic rings. The van der Waals surface area contributed by atoms with Crippen molar-refractivity contribution in [2.45, 2.75) is 39.3 Å². The molecule has 0 saturated carbocycles. The standard InChI is InChI=1S/C14H21F2NO/c1-14(2,3)13(18-4)12(17)8-9-5-6-10(15)11(16)7-9/h5-7,12-13H,8,17H2,1-4H3. The minimum atomic E-state index is -0.843. The van der Waals surface area contributed by atoms with Gasteiger partial charge in [-0.25, -0.2) is 8.78 Å². The van der Waals surface area contributed by atoms with Crippen molar-refractivity contribution < 1.29 is 13.5 Å². The van der Waals surface area contributed by atoms with E-state index in [1.807, 2.05) is 20.8 Å². The van der Waals surface area contributed by atoms with Crippen molar-refractivity contribution in [3.05, 3.63) is 35.4 Å². The zero-order valence-electron chi connectivity index (χ0n) is 11.3. The predicted octanol–water partition coefficient (Wildman–Crippen LogP) is 2.90. The molecule has 2 nitrogen and oxygen atoms in total. The molecule has 1 rings (SSSR count). The first-order chi connectivity index (χ1) is 8.25. The van der Waals surface area contributed by atoms with E-state index in [0.29, 0.717) is 12.0 Å². The Morgan fingerprint density at radius 2 is 1.83 bits per heavy atom. The zero-order chi connectivity index (χ0) is 13.9. The lowest BCUT2D eigenvalue weighted by Gasteiger charge is -2.34. The molecule has 0 aromatic heterocycles. The molecule has 1 aromatic rings. The molecular weight excluding hydrogens is 236 g/mol. The molecule has 0 aliphatic heterocycles. The van der Waals surface area contributed by atoms with Gasteiger partial charge in [0.15, 0.2) is 11.6 Å². The summed E-state index contributed by atoms with van der Waals surface area (Å²) in [7, 11) is 1.61. The van der Waals surface area contributed by atoms with Gasteiger partial charge in [-0.15, -0.1) is 0 Å². The minimum absolute atomic E-state index is 0.104. The van der Waals surface area contributed by atoms with Crippen LogP contribution in [-0.2, 0) is 11.2 Å². The fraction of sp³-hybridized carbons (Fsp3) is 0.571. The Labute approximate surface area is 107 Å². The molecular formula is C14H21F2NO. The van der Waals surface area contributed by atoms with E-state index in [1.165, 1.54) is 6.07 Å². The van der Waals surface area contributed by atoms with Gasteiger partial charge in [0, 0.05) is 13.2 Å². The third kappa shape index (κ3) is 3.75. The van der Waals surface area contributed by atoms with Crippen LogP contribution in [0.5, 0.6) is 0 Å². The summed E-state index contributed by atoms with van der Waals surface area (Å²) < 4.78 is 31.3. The van der Waals surface area contributed by atoms with E-state index < -0.39 is 11.6 Å². The average Bonchev–Trinajstić information content (AvgIpc) is 2.22. The van der Waals surface area contributed by atoms with Crippen molar-refractivity contribution in [2.75, 3.05) is 7.11 Å². The van der Waals surface area contributed by atoms with Crippen molar-refractivity contribution in [3.63, 3.8) is 0 Å². The van der Waals surface area contributed by atoms with Crippen LogP contribution < -0.4 is 5.73 Å². The number of hydrogen-bond acceptors (Lipinski definition) is 2. The van der Waals surface area contributed by atoms with Gasteiger partial charge in [-0.05, 0) is 29.5 Å². The summed E-state index contributed by atoms with van der Waals surface area (Å²) in [5, 5.41) is 0. The number of hydrogen-bond donors (Lipinski definition) is 1. The Morgan fingerprint density at radius 3 is 2.28 bits per heavy atom. The van der Waals surface area contributed by atoms with Crippen molar-refractivity contribution in [3.8, 4) is 0 Å². The van der Waals surface area contributed by atoms with Crippen LogP contribution in [0.15, 0.2) is 18.2 Å². The second-order valence-electron chi connectivity index (χ2n) is 5.64. The summed E-state index contributed by atoms with van der Waals surface area (Å²) in [6.45, 7) is 6.10. The molecule has 18 heavy (non-hydrogen) atoms. The molecule has 0 saturated heterocycles. The molecule has 0 heterocycles. The van der Waals surface area contributed by atoms with Crippen LogP contribution in [0.3, 0.4) is 0 Å². The van der Waals surface area contributed by atoms with E-state index in [9.17, 15) is 8.78 Å². The number of rotatable bonds is 4. The quantitative estimate of drug-likeness (QED) is 0.900. The maximum Gasteiger partial charge on any atom is 0.159 e. The molecule has 0 amide bonds. The average molecular weight is 257 g/mol. The second kappa shape index (κ2) is 5.76.